The Hall–Kier alpha value is -2.37. The second-order valence-electron chi connectivity index (χ2n) is 6.01. The Morgan fingerprint density at radius 3 is 3.09 bits per heavy atom. The third kappa shape index (κ3) is 3.36. The van der Waals surface area contributed by atoms with Crippen LogP contribution in [0.5, 0.6) is 0 Å². The Kier molecular flexibility index (Phi) is 4.60. The van der Waals surface area contributed by atoms with Gasteiger partial charge in [0, 0.05) is 24.0 Å². The van der Waals surface area contributed by atoms with E-state index in [0.29, 0.717) is 13.0 Å². The molecule has 2 heterocycles. The van der Waals surface area contributed by atoms with Gasteiger partial charge in [0.2, 0.25) is 11.8 Å². The molecule has 0 spiro atoms. The highest BCUT2D eigenvalue weighted by molar-refractivity contribution is 5.98. The Balaban J connectivity index is 1.73. The van der Waals surface area contributed by atoms with E-state index >= 15 is 0 Å². The summed E-state index contributed by atoms with van der Waals surface area (Å²) in [4.78, 5) is 26.6. The van der Waals surface area contributed by atoms with Crippen LogP contribution in [0.4, 0.5) is 5.69 Å². The van der Waals surface area contributed by atoms with Gasteiger partial charge in [-0.05, 0) is 43.9 Å². The molecule has 0 aliphatic carbocycles. The van der Waals surface area contributed by atoms with Crippen molar-refractivity contribution in [2.75, 3.05) is 11.9 Å². The average molecular weight is 314 g/mol. The minimum absolute atomic E-state index is 0.0800. The van der Waals surface area contributed by atoms with Crippen LogP contribution in [0, 0.1) is 0 Å². The van der Waals surface area contributed by atoms with Crippen LogP contribution in [-0.4, -0.2) is 39.5 Å². The van der Waals surface area contributed by atoms with Gasteiger partial charge in [0.15, 0.2) is 0 Å². The number of benzene rings is 1. The van der Waals surface area contributed by atoms with E-state index < -0.39 is 0 Å². The van der Waals surface area contributed by atoms with E-state index in [2.05, 4.69) is 15.5 Å². The van der Waals surface area contributed by atoms with Gasteiger partial charge < -0.3 is 10.2 Å². The number of hydrogen-bond acceptors (Lipinski definition) is 3. The first-order valence-electron chi connectivity index (χ1n) is 8.22. The second-order valence-corrected chi connectivity index (χ2v) is 6.01. The van der Waals surface area contributed by atoms with Gasteiger partial charge in [0.25, 0.3) is 0 Å². The first-order chi connectivity index (χ1) is 11.2. The highest BCUT2D eigenvalue weighted by Gasteiger charge is 2.31. The van der Waals surface area contributed by atoms with Crippen LogP contribution in [0.25, 0.3) is 10.9 Å². The molecule has 1 aromatic heterocycles. The maximum atomic E-state index is 12.6. The summed E-state index contributed by atoms with van der Waals surface area (Å²) in [6.07, 6.45) is 5.73. The lowest BCUT2D eigenvalue weighted by atomic mass is 10.0. The smallest absolute Gasteiger partial charge is 0.247 e. The lowest BCUT2D eigenvalue weighted by molar-refractivity contribution is -0.140. The molecule has 1 aromatic carbocycles. The summed E-state index contributed by atoms with van der Waals surface area (Å²) in [5.41, 5.74) is 1.60. The molecule has 3 rings (SSSR count). The van der Waals surface area contributed by atoms with Crippen LogP contribution >= 0.6 is 0 Å². The summed E-state index contributed by atoms with van der Waals surface area (Å²) in [6.45, 7) is 2.66. The molecule has 0 radical (unpaired) electrons. The molecule has 0 bridgehead atoms. The van der Waals surface area contributed by atoms with E-state index in [4.69, 9.17) is 0 Å². The highest BCUT2D eigenvalue weighted by atomic mass is 16.2. The van der Waals surface area contributed by atoms with Gasteiger partial charge in [-0.1, -0.05) is 6.92 Å². The molecule has 1 aliphatic heterocycles. The number of amides is 2. The summed E-state index contributed by atoms with van der Waals surface area (Å²) in [5.74, 6) is -0.0237. The molecule has 1 unspecified atom stereocenters. The average Bonchev–Trinajstić information content (AvgIpc) is 3.02. The molecule has 23 heavy (non-hydrogen) atoms. The number of nitrogens with one attached hydrogen (secondary N) is 2. The third-order valence-electron chi connectivity index (χ3n) is 4.30. The molecule has 1 saturated heterocycles. The quantitative estimate of drug-likeness (QED) is 0.910. The van der Waals surface area contributed by atoms with Gasteiger partial charge in [0.1, 0.15) is 6.04 Å². The first-order valence-corrected chi connectivity index (χ1v) is 8.22. The fourth-order valence-corrected chi connectivity index (χ4v) is 3.10. The van der Waals surface area contributed by atoms with Crippen molar-refractivity contribution in [1.82, 2.24) is 15.1 Å². The maximum Gasteiger partial charge on any atom is 0.247 e. The molecule has 1 aliphatic rings. The van der Waals surface area contributed by atoms with Gasteiger partial charge in [-0.2, -0.15) is 5.10 Å². The zero-order chi connectivity index (χ0) is 16.2. The van der Waals surface area contributed by atoms with Gasteiger partial charge in [0.05, 0.1) is 11.7 Å². The van der Waals surface area contributed by atoms with Crippen LogP contribution < -0.4 is 5.32 Å². The van der Waals surface area contributed by atoms with Crippen molar-refractivity contribution in [1.29, 1.82) is 0 Å². The number of aromatic nitrogens is 2. The van der Waals surface area contributed by atoms with Crippen molar-refractivity contribution >= 4 is 28.4 Å². The number of piperidine rings is 1. The molecular formula is C17H22N4O2. The minimum atomic E-state index is -0.361. The maximum absolute atomic E-state index is 12.6. The molecule has 2 aromatic rings. The molecule has 6 heteroatoms. The molecule has 6 nitrogen and oxygen atoms in total. The Morgan fingerprint density at radius 1 is 1.39 bits per heavy atom. The van der Waals surface area contributed by atoms with Crippen LogP contribution in [0.15, 0.2) is 24.4 Å². The lowest BCUT2D eigenvalue weighted by Gasteiger charge is -2.34. The summed E-state index contributed by atoms with van der Waals surface area (Å²) >= 11 is 0. The molecule has 2 amide bonds. The molecule has 1 fully saturated rings. The zero-order valence-corrected chi connectivity index (χ0v) is 13.3. The molecular weight excluding hydrogens is 292 g/mol. The topological polar surface area (TPSA) is 78.1 Å². The fourth-order valence-electron chi connectivity index (χ4n) is 3.10. The second kappa shape index (κ2) is 6.81. The van der Waals surface area contributed by atoms with Crippen LogP contribution in [0.3, 0.4) is 0 Å². The van der Waals surface area contributed by atoms with E-state index in [1.807, 2.05) is 25.1 Å². The Labute approximate surface area is 135 Å². The summed E-state index contributed by atoms with van der Waals surface area (Å²) < 4.78 is 0. The van der Waals surface area contributed by atoms with Crippen molar-refractivity contribution in [2.45, 2.75) is 45.1 Å². The number of fused-ring (bicyclic) bond motifs is 1. The van der Waals surface area contributed by atoms with Gasteiger partial charge in [-0.3, -0.25) is 14.7 Å². The third-order valence-corrected chi connectivity index (χ3v) is 4.30. The predicted molar refractivity (Wildman–Crippen MR) is 89.0 cm³/mol. The van der Waals surface area contributed by atoms with E-state index in [-0.39, 0.29) is 17.9 Å². The number of carbonyl (C=O) groups is 2. The summed E-state index contributed by atoms with van der Waals surface area (Å²) in [6, 6.07) is 5.27. The number of H-pyrrole nitrogens is 1. The largest absolute Gasteiger partial charge is 0.331 e. The molecule has 0 saturated carbocycles. The van der Waals surface area contributed by atoms with Crippen LogP contribution in [0.2, 0.25) is 0 Å². The van der Waals surface area contributed by atoms with Crippen molar-refractivity contribution in [3.05, 3.63) is 24.4 Å². The number of hydrogen-bond donors (Lipinski definition) is 2. The first kappa shape index (κ1) is 15.5. The van der Waals surface area contributed by atoms with E-state index in [1.165, 1.54) is 0 Å². The number of anilines is 1. The number of nitrogens with zero attached hydrogens (tertiary/aromatic N) is 2. The fraction of sp³-hybridized carbons (Fsp3) is 0.471. The van der Waals surface area contributed by atoms with Gasteiger partial charge in [-0.25, -0.2) is 0 Å². The van der Waals surface area contributed by atoms with Crippen LogP contribution in [-0.2, 0) is 9.59 Å². The summed E-state index contributed by atoms with van der Waals surface area (Å²) in [5, 5.41) is 10.8. The molecule has 2 N–H and O–H groups in total. The van der Waals surface area contributed by atoms with Crippen LogP contribution in [0.1, 0.15) is 39.0 Å². The van der Waals surface area contributed by atoms with Crippen molar-refractivity contribution < 1.29 is 9.59 Å². The number of rotatable bonds is 4. The SMILES string of the molecule is CCCC(=O)N1CCCCC1C(=O)Nc1ccc2cn[nH]c2c1. The van der Waals surface area contributed by atoms with E-state index in [9.17, 15) is 9.59 Å². The number of likely N-dealkylation sites (tertiary alicyclic amines) is 1. The van der Waals surface area contributed by atoms with Crippen molar-refractivity contribution in [2.24, 2.45) is 0 Å². The van der Waals surface area contributed by atoms with Crippen molar-refractivity contribution in [3.63, 3.8) is 0 Å². The standard InChI is InChI=1S/C17H22N4O2/c1-2-5-16(22)21-9-4-3-6-15(21)17(23)19-13-8-7-12-11-18-20-14(12)10-13/h7-8,10-11,15H,2-6,9H2,1H3,(H,18,20)(H,19,23). The van der Waals surface area contributed by atoms with E-state index in [0.717, 1.165) is 42.3 Å². The van der Waals surface area contributed by atoms with Crippen molar-refractivity contribution in [3.8, 4) is 0 Å². The van der Waals surface area contributed by atoms with Gasteiger partial charge in [-0.15, -0.1) is 0 Å². The lowest BCUT2D eigenvalue weighted by Crippen LogP contribution is -2.49. The van der Waals surface area contributed by atoms with Gasteiger partial charge >= 0.3 is 0 Å². The highest BCUT2D eigenvalue weighted by Crippen LogP contribution is 2.21. The normalized spacial score (nSPS) is 18.1. The summed E-state index contributed by atoms with van der Waals surface area (Å²) in [7, 11) is 0. The predicted octanol–water partition coefficient (Wildman–Crippen LogP) is 2.68. The monoisotopic (exact) mass is 314 g/mol. The van der Waals surface area contributed by atoms with E-state index in [1.54, 1.807) is 11.1 Å². The Bertz CT molecular complexity index is 709. The molecule has 1 atom stereocenters. The Morgan fingerprint density at radius 2 is 2.26 bits per heavy atom. The minimum Gasteiger partial charge on any atom is -0.331 e. The zero-order valence-electron chi connectivity index (χ0n) is 13.3. The molecule has 122 valence electrons. The number of carbonyl (C=O) groups excluding carboxylic acids is 2. The number of aromatic amines is 1.